The Labute approximate surface area is 197 Å². The lowest BCUT2D eigenvalue weighted by molar-refractivity contribution is -0.137. The maximum Gasteiger partial charge on any atom is 0.250 e. The van der Waals surface area contributed by atoms with Crippen molar-refractivity contribution >= 4 is 29.1 Å². The first kappa shape index (κ1) is 21.5. The summed E-state index contributed by atoms with van der Waals surface area (Å²) < 4.78 is 7.31. The van der Waals surface area contributed by atoms with Crippen molar-refractivity contribution in [1.82, 2.24) is 14.7 Å². The number of hydrogen-bond donors (Lipinski definition) is 0. The number of anilines is 1. The summed E-state index contributed by atoms with van der Waals surface area (Å²) in [7, 11) is 1.57. The van der Waals surface area contributed by atoms with E-state index in [4.69, 9.17) is 16.3 Å². The Morgan fingerprint density at radius 3 is 2.64 bits per heavy atom. The first-order valence-corrected chi connectivity index (χ1v) is 11.3. The van der Waals surface area contributed by atoms with Gasteiger partial charge in [-0.2, -0.15) is 5.10 Å². The van der Waals surface area contributed by atoms with E-state index in [1.54, 1.807) is 35.1 Å². The Morgan fingerprint density at radius 1 is 1.18 bits per heavy atom. The Bertz CT molecular complexity index is 1240. The minimum absolute atomic E-state index is 0.0487. The van der Waals surface area contributed by atoms with Gasteiger partial charge >= 0.3 is 0 Å². The molecule has 2 aliphatic heterocycles. The highest BCUT2D eigenvalue weighted by Crippen LogP contribution is 2.41. The Morgan fingerprint density at radius 2 is 1.94 bits per heavy atom. The fraction of sp³-hybridized carbons (Fsp3) is 0.320. The molecule has 2 aromatic carbocycles. The molecule has 2 amide bonds. The highest BCUT2D eigenvalue weighted by atomic mass is 35.5. The number of hydrogen-bond acceptors (Lipinski definition) is 4. The highest BCUT2D eigenvalue weighted by Gasteiger charge is 2.52. The number of para-hydroxylation sites is 1. The van der Waals surface area contributed by atoms with Crippen molar-refractivity contribution in [2.75, 3.05) is 18.6 Å². The lowest BCUT2D eigenvalue weighted by Crippen LogP contribution is -2.53. The third kappa shape index (κ3) is 3.56. The van der Waals surface area contributed by atoms with E-state index in [9.17, 15) is 9.59 Å². The van der Waals surface area contributed by atoms with Crippen LogP contribution in [0.15, 0.2) is 48.5 Å². The van der Waals surface area contributed by atoms with E-state index in [0.717, 1.165) is 22.6 Å². The molecule has 33 heavy (non-hydrogen) atoms. The number of nitrogens with zero attached hydrogens (tertiary/aromatic N) is 4. The van der Waals surface area contributed by atoms with Gasteiger partial charge in [-0.05, 0) is 50.6 Å². The van der Waals surface area contributed by atoms with Gasteiger partial charge in [0.05, 0.1) is 36.6 Å². The number of aryl methyl sites for hydroxylation is 1. The number of benzene rings is 2. The molecule has 2 bridgehead atoms. The molecule has 3 heterocycles. The molecule has 170 valence electrons. The van der Waals surface area contributed by atoms with Crippen molar-refractivity contribution < 1.29 is 14.3 Å². The number of likely N-dealkylation sites (tertiary alicyclic amines) is 1. The van der Waals surface area contributed by atoms with Crippen molar-refractivity contribution in [3.8, 4) is 11.4 Å². The van der Waals surface area contributed by atoms with Crippen LogP contribution in [-0.4, -0.2) is 52.2 Å². The normalized spacial score (nSPS) is 19.5. The van der Waals surface area contributed by atoms with Crippen LogP contribution < -0.4 is 9.64 Å². The van der Waals surface area contributed by atoms with Crippen LogP contribution in [0.1, 0.15) is 23.4 Å². The van der Waals surface area contributed by atoms with Crippen LogP contribution in [0.3, 0.4) is 0 Å². The second-order valence-electron chi connectivity index (χ2n) is 8.55. The molecule has 0 spiro atoms. The van der Waals surface area contributed by atoms with Gasteiger partial charge in [0, 0.05) is 22.8 Å². The zero-order valence-electron chi connectivity index (χ0n) is 18.8. The first-order valence-electron chi connectivity index (χ1n) is 11.0. The summed E-state index contributed by atoms with van der Waals surface area (Å²) in [6.07, 6.45) is 0.836. The van der Waals surface area contributed by atoms with Gasteiger partial charge in [-0.25, -0.2) is 4.68 Å². The van der Waals surface area contributed by atoms with E-state index in [1.165, 1.54) is 0 Å². The molecule has 2 aliphatic rings. The summed E-state index contributed by atoms with van der Waals surface area (Å²) in [6, 6.07) is 14.5. The number of fused-ring (bicyclic) bond motifs is 2. The molecule has 0 unspecified atom stereocenters. The maximum absolute atomic E-state index is 13.3. The maximum atomic E-state index is 13.3. The second kappa shape index (κ2) is 8.23. The van der Waals surface area contributed by atoms with E-state index >= 15 is 0 Å². The van der Waals surface area contributed by atoms with Gasteiger partial charge < -0.3 is 14.5 Å². The Hall–Kier alpha value is -3.32. The fourth-order valence-electron chi connectivity index (χ4n) is 5.02. The molecule has 0 aliphatic carbocycles. The molecule has 3 aromatic rings. The molecule has 0 N–H and O–H groups in total. The molecule has 5 rings (SSSR count). The van der Waals surface area contributed by atoms with Crippen LogP contribution in [0, 0.1) is 13.8 Å². The van der Waals surface area contributed by atoms with E-state index in [1.807, 2.05) is 48.9 Å². The smallest absolute Gasteiger partial charge is 0.250 e. The fourth-order valence-corrected chi connectivity index (χ4v) is 5.19. The van der Waals surface area contributed by atoms with Crippen molar-refractivity contribution in [3.63, 3.8) is 0 Å². The number of methoxy groups -OCH3 is 1. The zero-order chi connectivity index (χ0) is 23.3. The SMILES string of the molecule is COc1ccc(Cl)cc1N1C(=O)[C@@H]2C[C@H]1CN2C(=O)Cc1c(C)nn(-c2ccccc2)c1C. The monoisotopic (exact) mass is 464 g/mol. The molecule has 8 heteroatoms. The summed E-state index contributed by atoms with van der Waals surface area (Å²) in [6.45, 7) is 4.39. The number of ether oxygens (including phenoxy) is 1. The summed E-state index contributed by atoms with van der Waals surface area (Å²) in [5, 5.41) is 5.18. The third-order valence-electron chi connectivity index (χ3n) is 6.66. The molecule has 0 saturated carbocycles. The standard InChI is InChI=1S/C25H25ClN4O3/c1-15-20(16(2)30(27-15)18-7-5-4-6-8-18)13-24(31)28-14-19-12-22(28)25(32)29(19)21-11-17(26)9-10-23(21)33-3/h4-11,19,22H,12-14H2,1-3H3/t19-,22-/m0/s1. The Balaban J connectivity index is 1.36. The van der Waals surface area contributed by atoms with Crippen molar-refractivity contribution in [2.24, 2.45) is 0 Å². The van der Waals surface area contributed by atoms with Crippen LogP contribution in [0.4, 0.5) is 5.69 Å². The average molecular weight is 465 g/mol. The largest absolute Gasteiger partial charge is 0.495 e. The molecule has 2 atom stereocenters. The van der Waals surface area contributed by atoms with E-state index in [-0.39, 0.29) is 24.3 Å². The molecule has 2 fully saturated rings. The average Bonchev–Trinajstić information content (AvgIpc) is 3.47. The van der Waals surface area contributed by atoms with Gasteiger partial charge in [0.15, 0.2) is 0 Å². The number of piperazine rings is 1. The third-order valence-corrected chi connectivity index (χ3v) is 6.89. The van der Waals surface area contributed by atoms with Crippen molar-refractivity contribution in [2.45, 2.75) is 38.8 Å². The van der Waals surface area contributed by atoms with Crippen LogP contribution >= 0.6 is 11.6 Å². The summed E-state index contributed by atoms with van der Waals surface area (Å²) in [4.78, 5) is 30.0. The predicted molar refractivity (Wildman–Crippen MR) is 126 cm³/mol. The van der Waals surface area contributed by atoms with Gasteiger partial charge in [-0.1, -0.05) is 29.8 Å². The first-order chi connectivity index (χ1) is 15.9. The number of aromatic nitrogens is 2. The molecule has 1 aromatic heterocycles. The molecule has 7 nitrogen and oxygen atoms in total. The zero-order valence-corrected chi connectivity index (χ0v) is 19.5. The highest BCUT2D eigenvalue weighted by molar-refractivity contribution is 6.31. The van der Waals surface area contributed by atoms with Gasteiger partial charge in [0.1, 0.15) is 11.8 Å². The minimum Gasteiger partial charge on any atom is -0.495 e. The minimum atomic E-state index is -0.462. The number of carbonyl (C=O) groups is 2. The van der Waals surface area contributed by atoms with E-state index in [0.29, 0.717) is 29.4 Å². The van der Waals surface area contributed by atoms with E-state index < -0.39 is 6.04 Å². The van der Waals surface area contributed by atoms with Crippen molar-refractivity contribution in [3.05, 3.63) is 70.5 Å². The van der Waals surface area contributed by atoms with Gasteiger partial charge in [-0.15, -0.1) is 0 Å². The van der Waals surface area contributed by atoms with Gasteiger partial charge in [-0.3, -0.25) is 9.59 Å². The molecular weight excluding hydrogens is 440 g/mol. The molecular formula is C25H25ClN4O3. The van der Waals surface area contributed by atoms with Crippen LogP contribution in [0.25, 0.3) is 5.69 Å². The predicted octanol–water partition coefficient (Wildman–Crippen LogP) is 3.71. The van der Waals surface area contributed by atoms with Crippen molar-refractivity contribution in [1.29, 1.82) is 0 Å². The summed E-state index contributed by atoms with van der Waals surface area (Å²) >= 11 is 6.18. The summed E-state index contributed by atoms with van der Waals surface area (Å²) in [5.74, 6) is 0.457. The Kier molecular flexibility index (Phi) is 5.37. The van der Waals surface area contributed by atoms with Gasteiger partial charge in [0.2, 0.25) is 11.8 Å². The van der Waals surface area contributed by atoms with E-state index in [2.05, 4.69) is 5.10 Å². The topological polar surface area (TPSA) is 67.7 Å². The molecule has 0 radical (unpaired) electrons. The summed E-state index contributed by atoms with van der Waals surface area (Å²) in [5.41, 5.74) is 4.29. The van der Waals surface area contributed by atoms with Crippen LogP contribution in [0.5, 0.6) is 5.75 Å². The lowest BCUT2D eigenvalue weighted by atomic mass is 10.1. The molecule has 2 saturated heterocycles. The number of amides is 2. The van der Waals surface area contributed by atoms with Crippen LogP contribution in [0.2, 0.25) is 5.02 Å². The lowest BCUT2D eigenvalue weighted by Gasteiger charge is -2.34. The number of rotatable bonds is 5. The van der Waals surface area contributed by atoms with Gasteiger partial charge in [0.25, 0.3) is 0 Å². The number of halogens is 1. The van der Waals surface area contributed by atoms with Crippen LogP contribution in [-0.2, 0) is 16.0 Å². The number of carbonyl (C=O) groups excluding carboxylic acids is 2. The second-order valence-corrected chi connectivity index (χ2v) is 8.99. The quantitative estimate of drug-likeness (QED) is 0.577.